The summed E-state index contributed by atoms with van der Waals surface area (Å²) in [4.78, 5) is 38.4. The maximum atomic E-state index is 11.4. The standard InChI is InChI=1S/C10H16N4O4/c11-10(12)13-3-1-2-7(9(17)18)14-5-6(15)4-8(14)16/h7H,1-5H2,(H,17,18)(H4,11,12,13)/t7-/m0/s1. The van der Waals surface area contributed by atoms with Gasteiger partial charge < -0.3 is 21.5 Å². The first-order chi connectivity index (χ1) is 8.41. The van der Waals surface area contributed by atoms with Gasteiger partial charge in [0.25, 0.3) is 0 Å². The number of ketones is 1. The number of hydrogen-bond donors (Lipinski definition) is 3. The molecule has 1 aliphatic rings. The van der Waals surface area contributed by atoms with Crippen molar-refractivity contribution in [2.75, 3.05) is 13.1 Å². The molecule has 18 heavy (non-hydrogen) atoms. The van der Waals surface area contributed by atoms with Gasteiger partial charge in [-0.05, 0) is 12.8 Å². The Morgan fingerprint density at radius 3 is 2.56 bits per heavy atom. The number of carbonyl (C=O) groups is 3. The van der Waals surface area contributed by atoms with Crippen LogP contribution >= 0.6 is 0 Å². The fourth-order valence-electron chi connectivity index (χ4n) is 1.79. The lowest BCUT2D eigenvalue weighted by molar-refractivity contribution is -0.148. The maximum Gasteiger partial charge on any atom is 0.326 e. The zero-order valence-electron chi connectivity index (χ0n) is 9.83. The summed E-state index contributed by atoms with van der Waals surface area (Å²) in [7, 11) is 0. The minimum absolute atomic E-state index is 0.0608. The quantitative estimate of drug-likeness (QED) is 0.224. The van der Waals surface area contributed by atoms with Crippen LogP contribution in [-0.4, -0.2) is 52.8 Å². The molecule has 1 rings (SSSR count). The predicted molar refractivity (Wildman–Crippen MR) is 62.7 cm³/mol. The van der Waals surface area contributed by atoms with E-state index in [0.717, 1.165) is 4.90 Å². The normalized spacial score (nSPS) is 16.8. The van der Waals surface area contributed by atoms with Gasteiger partial charge in [-0.15, -0.1) is 0 Å². The highest BCUT2D eigenvalue weighted by molar-refractivity contribution is 6.06. The van der Waals surface area contributed by atoms with Crippen molar-refractivity contribution in [1.29, 1.82) is 0 Å². The second kappa shape index (κ2) is 5.99. The van der Waals surface area contributed by atoms with Gasteiger partial charge in [-0.25, -0.2) is 4.79 Å². The SMILES string of the molecule is NC(N)=NCCC[C@@H](C(=O)O)N1CC(=O)CC1=O. The number of hydrogen-bond acceptors (Lipinski definition) is 4. The molecule has 0 radical (unpaired) electrons. The molecule has 1 amide bonds. The van der Waals surface area contributed by atoms with Crippen molar-refractivity contribution in [1.82, 2.24) is 4.90 Å². The van der Waals surface area contributed by atoms with Crippen LogP contribution in [0.4, 0.5) is 0 Å². The molecule has 1 fully saturated rings. The summed E-state index contributed by atoms with van der Waals surface area (Å²) in [6.07, 6.45) is 0.426. The van der Waals surface area contributed by atoms with Gasteiger partial charge in [-0.2, -0.15) is 0 Å². The van der Waals surface area contributed by atoms with Crippen molar-refractivity contribution in [2.24, 2.45) is 16.5 Å². The molecule has 100 valence electrons. The lowest BCUT2D eigenvalue weighted by Gasteiger charge is -2.23. The average Bonchev–Trinajstić information content (AvgIpc) is 2.56. The van der Waals surface area contributed by atoms with Gasteiger partial charge in [0.1, 0.15) is 6.04 Å². The lowest BCUT2D eigenvalue weighted by atomic mass is 10.1. The van der Waals surface area contributed by atoms with Crippen molar-refractivity contribution in [3.05, 3.63) is 0 Å². The Morgan fingerprint density at radius 2 is 2.11 bits per heavy atom. The third-order valence-corrected chi connectivity index (χ3v) is 2.61. The Morgan fingerprint density at radius 1 is 1.44 bits per heavy atom. The number of carboxylic acid groups (broad SMARTS) is 1. The summed E-state index contributed by atoms with van der Waals surface area (Å²) >= 11 is 0. The van der Waals surface area contributed by atoms with Gasteiger partial charge in [-0.3, -0.25) is 14.6 Å². The van der Waals surface area contributed by atoms with Crippen LogP contribution in [0.5, 0.6) is 0 Å². The zero-order valence-corrected chi connectivity index (χ0v) is 9.83. The molecule has 0 aromatic carbocycles. The molecule has 1 saturated heterocycles. The predicted octanol–water partition coefficient (Wildman–Crippen LogP) is -1.71. The smallest absolute Gasteiger partial charge is 0.326 e. The maximum absolute atomic E-state index is 11.4. The molecule has 1 atom stereocenters. The summed E-state index contributed by atoms with van der Waals surface area (Å²) in [6.45, 7) is 0.167. The number of amides is 1. The fourth-order valence-corrected chi connectivity index (χ4v) is 1.79. The number of likely N-dealkylation sites (tertiary alicyclic amines) is 1. The van der Waals surface area contributed by atoms with Gasteiger partial charge in [0.2, 0.25) is 5.91 Å². The lowest BCUT2D eigenvalue weighted by Crippen LogP contribution is -2.42. The van der Waals surface area contributed by atoms with Crippen molar-refractivity contribution < 1.29 is 19.5 Å². The number of nitrogens with zero attached hydrogens (tertiary/aromatic N) is 2. The molecule has 0 aliphatic carbocycles. The van der Waals surface area contributed by atoms with E-state index < -0.39 is 17.9 Å². The highest BCUT2D eigenvalue weighted by Gasteiger charge is 2.36. The van der Waals surface area contributed by atoms with Gasteiger partial charge >= 0.3 is 5.97 Å². The molecule has 0 spiro atoms. The third kappa shape index (κ3) is 3.72. The van der Waals surface area contributed by atoms with E-state index in [1.165, 1.54) is 0 Å². The Hall–Kier alpha value is -2.12. The van der Waals surface area contributed by atoms with Gasteiger partial charge in [0.05, 0.1) is 13.0 Å². The van der Waals surface area contributed by atoms with E-state index in [2.05, 4.69) is 4.99 Å². The van der Waals surface area contributed by atoms with Crippen LogP contribution in [0.2, 0.25) is 0 Å². The Labute approximate surface area is 104 Å². The summed E-state index contributed by atoms with van der Waals surface area (Å²) in [5.41, 5.74) is 10.3. The number of aliphatic imine (C=N–C) groups is 1. The first-order valence-corrected chi connectivity index (χ1v) is 5.51. The largest absolute Gasteiger partial charge is 0.480 e. The molecular weight excluding hydrogens is 240 g/mol. The van der Waals surface area contributed by atoms with Crippen molar-refractivity contribution in [2.45, 2.75) is 25.3 Å². The van der Waals surface area contributed by atoms with Crippen molar-refractivity contribution in [3.8, 4) is 0 Å². The van der Waals surface area contributed by atoms with Crippen LogP contribution in [0.25, 0.3) is 0 Å². The second-order valence-electron chi connectivity index (χ2n) is 4.04. The summed E-state index contributed by atoms with van der Waals surface area (Å²) < 4.78 is 0. The Kier molecular flexibility index (Phi) is 4.64. The van der Waals surface area contributed by atoms with E-state index in [-0.39, 0.29) is 31.1 Å². The monoisotopic (exact) mass is 256 g/mol. The minimum atomic E-state index is -1.12. The van der Waals surface area contributed by atoms with Crippen LogP contribution in [0, 0.1) is 0 Å². The molecule has 1 aliphatic heterocycles. The Balaban J connectivity index is 2.55. The molecule has 8 heteroatoms. The summed E-state index contributed by atoms with van der Waals surface area (Å²) in [5.74, 6) is -1.87. The van der Waals surface area contributed by atoms with Crippen LogP contribution in [0.1, 0.15) is 19.3 Å². The third-order valence-electron chi connectivity index (χ3n) is 2.61. The fraction of sp³-hybridized carbons (Fsp3) is 0.600. The topological polar surface area (TPSA) is 139 Å². The zero-order chi connectivity index (χ0) is 13.7. The van der Waals surface area contributed by atoms with Crippen LogP contribution in [0.15, 0.2) is 4.99 Å². The Bertz CT molecular complexity index is 389. The van der Waals surface area contributed by atoms with Crippen molar-refractivity contribution >= 4 is 23.6 Å². The number of Topliss-reactive ketones (excluding diaryl/α,β-unsaturated/α-hetero) is 1. The summed E-state index contributed by atoms with van der Waals surface area (Å²) in [5, 5.41) is 9.06. The molecule has 5 N–H and O–H groups in total. The van der Waals surface area contributed by atoms with E-state index in [4.69, 9.17) is 16.6 Å². The molecule has 1 heterocycles. The highest BCUT2D eigenvalue weighted by Crippen LogP contribution is 2.15. The highest BCUT2D eigenvalue weighted by atomic mass is 16.4. The average molecular weight is 256 g/mol. The van der Waals surface area contributed by atoms with Gasteiger partial charge in [0.15, 0.2) is 11.7 Å². The van der Waals surface area contributed by atoms with E-state index in [0.29, 0.717) is 13.0 Å². The number of carboxylic acids is 1. The number of rotatable bonds is 6. The molecule has 0 aromatic heterocycles. The van der Waals surface area contributed by atoms with Crippen LogP contribution in [-0.2, 0) is 14.4 Å². The van der Waals surface area contributed by atoms with Gasteiger partial charge in [-0.1, -0.05) is 0 Å². The minimum Gasteiger partial charge on any atom is -0.480 e. The first-order valence-electron chi connectivity index (χ1n) is 5.51. The van der Waals surface area contributed by atoms with Crippen molar-refractivity contribution in [3.63, 3.8) is 0 Å². The number of carbonyl (C=O) groups excluding carboxylic acids is 2. The molecule has 8 nitrogen and oxygen atoms in total. The number of nitrogens with two attached hydrogens (primary N) is 2. The van der Waals surface area contributed by atoms with Crippen LogP contribution < -0.4 is 11.5 Å². The summed E-state index contributed by atoms with van der Waals surface area (Å²) in [6, 6.07) is -0.988. The number of aliphatic carboxylic acids is 1. The van der Waals surface area contributed by atoms with E-state index in [1.807, 2.05) is 0 Å². The van der Waals surface area contributed by atoms with E-state index in [9.17, 15) is 14.4 Å². The first kappa shape index (κ1) is 13.9. The molecule has 0 unspecified atom stereocenters. The molecule has 0 bridgehead atoms. The van der Waals surface area contributed by atoms with Crippen LogP contribution in [0.3, 0.4) is 0 Å². The second-order valence-corrected chi connectivity index (χ2v) is 4.04. The van der Waals surface area contributed by atoms with Gasteiger partial charge in [0, 0.05) is 6.54 Å². The number of guanidine groups is 1. The van der Waals surface area contributed by atoms with E-state index >= 15 is 0 Å². The molecule has 0 aromatic rings. The molecular formula is C10H16N4O4. The van der Waals surface area contributed by atoms with E-state index in [1.54, 1.807) is 0 Å². The molecule has 0 saturated carbocycles.